The highest BCUT2D eigenvalue weighted by atomic mass is 35.5. The number of nitrogens with zero attached hydrogens (tertiary/aromatic N) is 2. The van der Waals surface area contributed by atoms with E-state index in [1.165, 1.54) is 11.8 Å². The molecule has 2 heterocycles. The highest BCUT2D eigenvalue weighted by Gasteiger charge is 2.49. The average Bonchev–Trinajstić information content (AvgIpc) is 3.24. The van der Waals surface area contributed by atoms with Crippen molar-refractivity contribution in [3.05, 3.63) is 94.5 Å². The Labute approximate surface area is 254 Å². The minimum atomic E-state index is -1.04. The molecule has 1 saturated carbocycles. The molecule has 7 nitrogen and oxygen atoms in total. The van der Waals surface area contributed by atoms with Crippen LogP contribution in [0.4, 0.5) is 5.69 Å². The lowest BCUT2D eigenvalue weighted by molar-refractivity contribution is -0.122. The van der Waals surface area contributed by atoms with E-state index in [-0.39, 0.29) is 35.0 Å². The molecule has 218 valence electrons. The number of Topliss-reactive ketones (excluding diaryl/α,β-unsaturated/α-hetero) is 1. The number of amides is 2. The van der Waals surface area contributed by atoms with Crippen molar-refractivity contribution in [1.82, 2.24) is 4.98 Å². The minimum absolute atomic E-state index is 0.125. The number of rotatable bonds is 6. The van der Waals surface area contributed by atoms with Crippen LogP contribution in [0.1, 0.15) is 59.4 Å². The molecule has 1 aliphatic carbocycles. The van der Waals surface area contributed by atoms with Gasteiger partial charge in [0.1, 0.15) is 0 Å². The second-order valence-corrected chi connectivity index (χ2v) is 12.1. The second kappa shape index (κ2) is 11.4. The predicted molar refractivity (Wildman–Crippen MR) is 165 cm³/mol. The third-order valence-corrected chi connectivity index (χ3v) is 8.79. The molecule has 2 amide bonds. The van der Waals surface area contributed by atoms with Gasteiger partial charge in [-0.3, -0.25) is 19.3 Å². The first kappa shape index (κ1) is 28.7. The monoisotopic (exact) mass is 594 g/mol. The van der Waals surface area contributed by atoms with E-state index < -0.39 is 12.1 Å². The molecule has 1 aliphatic heterocycles. The third kappa shape index (κ3) is 5.45. The summed E-state index contributed by atoms with van der Waals surface area (Å²) in [4.78, 5) is 58.9. The van der Waals surface area contributed by atoms with Crippen LogP contribution in [0.15, 0.2) is 72.8 Å². The molecule has 8 heteroatoms. The van der Waals surface area contributed by atoms with Gasteiger partial charge in [0, 0.05) is 21.5 Å². The molecule has 6 rings (SSSR count). The second-order valence-electron chi connectivity index (χ2n) is 11.7. The van der Waals surface area contributed by atoms with E-state index in [9.17, 15) is 19.2 Å². The molecule has 1 aromatic heterocycles. The van der Waals surface area contributed by atoms with Gasteiger partial charge in [0.2, 0.25) is 17.6 Å². The molecule has 0 bridgehead atoms. The summed E-state index contributed by atoms with van der Waals surface area (Å²) >= 11 is 6.04. The molecule has 1 saturated heterocycles. The standard InChI is InChI=1S/C35H31ClN2O5/c1-19-7-13-26-28(16-19)34(41)38(33(26)40)25-11-9-22(10-12-25)31-18-29(27-15-20(2)8-14-30(27)37-31)35(42)43-21(3)32(39)23-5-4-6-24(36)17-23/h4-6,8-12,14-15,17-19,21,26,28H,7,13,16H2,1-3H3. The number of benzene rings is 3. The molecule has 0 radical (unpaired) electrons. The fourth-order valence-electron chi connectivity index (χ4n) is 6.24. The van der Waals surface area contributed by atoms with E-state index in [1.54, 1.807) is 54.6 Å². The normalized spacial score (nSPS) is 20.7. The Kier molecular flexibility index (Phi) is 7.61. The van der Waals surface area contributed by atoms with Crippen LogP contribution < -0.4 is 4.90 Å². The number of carbonyl (C=O) groups is 4. The quantitative estimate of drug-likeness (QED) is 0.133. The van der Waals surface area contributed by atoms with Crippen molar-refractivity contribution in [2.45, 2.75) is 46.1 Å². The van der Waals surface area contributed by atoms with Gasteiger partial charge in [0.15, 0.2) is 6.10 Å². The maximum absolute atomic E-state index is 13.5. The van der Waals surface area contributed by atoms with Crippen LogP contribution >= 0.6 is 11.6 Å². The number of imide groups is 1. The van der Waals surface area contributed by atoms with Crippen molar-refractivity contribution < 1.29 is 23.9 Å². The zero-order valence-corrected chi connectivity index (χ0v) is 24.9. The highest BCUT2D eigenvalue weighted by molar-refractivity contribution is 6.31. The van der Waals surface area contributed by atoms with Crippen molar-refractivity contribution in [2.24, 2.45) is 17.8 Å². The summed E-state index contributed by atoms with van der Waals surface area (Å²) in [6, 6.07) is 20.9. The van der Waals surface area contributed by atoms with Gasteiger partial charge in [-0.05, 0) is 81.5 Å². The Morgan fingerprint density at radius 2 is 1.70 bits per heavy atom. The largest absolute Gasteiger partial charge is 0.451 e. The fraction of sp³-hybridized carbons (Fsp3) is 0.286. The Balaban J connectivity index is 1.30. The van der Waals surface area contributed by atoms with Gasteiger partial charge < -0.3 is 4.74 Å². The molecule has 4 unspecified atom stereocenters. The molecule has 3 aromatic carbocycles. The van der Waals surface area contributed by atoms with Gasteiger partial charge in [-0.2, -0.15) is 0 Å². The maximum atomic E-state index is 13.5. The van der Waals surface area contributed by atoms with Crippen LogP contribution in [-0.2, 0) is 14.3 Å². The molecule has 2 aliphatic rings. The summed E-state index contributed by atoms with van der Waals surface area (Å²) in [5, 5.41) is 1.03. The molecule has 4 atom stereocenters. The van der Waals surface area contributed by atoms with Crippen molar-refractivity contribution in [3.8, 4) is 11.3 Å². The van der Waals surface area contributed by atoms with Gasteiger partial charge in [-0.25, -0.2) is 9.78 Å². The lowest BCUT2D eigenvalue weighted by atomic mass is 9.76. The van der Waals surface area contributed by atoms with Gasteiger partial charge in [-0.15, -0.1) is 0 Å². The number of esters is 1. The van der Waals surface area contributed by atoms with Crippen molar-refractivity contribution in [3.63, 3.8) is 0 Å². The summed E-state index contributed by atoms with van der Waals surface area (Å²) in [5.74, 6) is -1.31. The Morgan fingerprint density at radius 1 is 0.953 bits per heavy atom. The van der Waals surface area contributed by atoms with E-state index >= 15 is 0 Å². The van der Waals surface area contributed by atoms with Gasteiger partial charge in [0.25, 0.3) is 0 Å². The zero-order valence-electron chi connectivity index (χ0n) is 24.2. The minimum Gasteiger partial charge on any atom is -0.451 e. The van der Waals surface area contributed by atoms with Crippen LogP contribution in [0.3, 0.4) is 0 Å². The summed E-state index contributed by atoms with van der Waals surface area (Å²) < 4.78 is 5.65. The first-order chi connectivity index (χ1) is 20.6. The number of ketones is 1. The van der Waals surface area contributed by atoms with Gasteiger partial charge >= 0.3 is 5.97 Å². The highest BCUT2D eigenvalue weighted by Crippen LogP contribution is 2.42. The number of carbonyl (C=O) groups excluding carboxylic acids is 4. The molecule has 0 spiro atoms. The number of ether oxygens (including phenoxy) is 1. The Bertz CT molecular complexity index is 1780. The van der Waals surface area contributed by atoms with E-state index in [0.717, 1.165) is 24.8 Å². The number of hydrogen-bond donors (Lipinski definition) is 0. The van der Waals surface area contributed by atoms with Crippen LogP contribution in [0.25, 0.3) is 22.2 Å². The van der Waals surface area contributed by atoms with Gasteiger partial charge in [0.05, 0.1) is 34.3 Å². The number of pyridine rings is 1. The summed E-state index contributed by atoms with van der Waals surface area (Å²) in [6.07, 6.45) is 1.41. The van der Waals surface area contributed by atoms with Crippen molar-refractivity contribution in [2.75, 3.05) is 4.90 Å². The van der Waals surface area contributed by atoms with Crippen LogP contribution in [-0.4, -0.2) is 34.7 Å². The predicted octanol–water partition coefficient (Wildman–Crippen LogP) is 7.22. The SMILES string of the molecule is Cc1ccc2nc(-c3ccc(N4C(=O)C5CCC(C)CC5C4=O)cc3)cc(C(=O)OC(C)C(=O)c3cccc(Cl)c3)c2c1. The number of fused-ring (bicyclic) bond motifs is 2. The van der Waals surface area contributed by atoms with Crippen LogP contribution in [0, 0.1) is 24.7 Å². The third-order valence-electron chi connectivity index (χ3n) is 8.56. The molecule has 0 N–H and O–H groups in total. The maximum Gasteiger partial charge on any atom is 0.339 e. The zero-order chi connectivity index (χ0) is 30.4. The number of halogens is 1. The topological polar surface area (TPSA) is 93.6 Å². The first-order valence-corrected chi connectivity index (χ1v) is 14.9. The lowest BCUT2D eigenvalue weighted by Crippen LogP contribution is -2.30. The summed E-state index contributed by atoms with van der Waals surface area (Å²) in [7, 11) is 0. The average molecular weight is 595 g/mol. The number of hydrogen-bond acceptors (Lipinski definition) is 6. The number of anilines is 1. The van der Waals surface area contributed by atoms with Crippen LogP contribution in [0.2, 0.25) is 5.02 Å². The van der Waals surface area contributed by atoms with Crippen molar-refractivity contribution >= 4 is 51.8 Å². The summed E-state index contributed by atoms with van der Waals surface area (Å²) in [5.41, 5.74) is 3.92. The molecule has 43 heavy (non-hydrogen) atoms. The van der Waals surface area contributed by atoms with Gasteiger partial charge in [-0.1, -0.05) is 54.4 Å². The van der Waals surface area contributed by atoms with E-state index in [1.807, 2.05) is 25.1 Å². The lowest BCUT2D eigenvalue weighted by Gasteiger charge is -2.25. The molecule has 4 aromatic rings. The summed E-state index contributed by atoms with van der Waals surface area (Å²) in [6.45, 7) is 5.59. The fourth-order valence-corrected chi connectivity index (χ4v) is 6.43. The molecule has 2 fully saturated rings. The Hall–Kier alpha value is -4.36. The Morgan fingerprint density at radius 3 is 2.44 bits per heavy atom. The molecular formula is C35H31ClN2O5. The number of aromatic nitrogens is 1. The van der Waals surface area contributed by atoms with Crippen LogP contribution in [0.5, 0.6) is 0 Å². The smallest absolute Gasteiger partial charge is 0.339 e. The van der Waals surface area contributed by atoms with E-state index in [4.69, 9.17) is 21.3 Å². The van der Waals surface area contributed by atoms with E-state index in [0.29, 0.717) is 44.4 Å². The number of aryl methyl sites for hydroxylation is 1. The molecular weight excluding hydrogens is 564 g/mol. The first-order valence-electron chi connectivity index (χ1n) is 14.5. The van der Waals surface area contributed by atoms with E-state index in [2.05, 4.69) is 6.92 Å². The van der Waals surface area contributed by atoms with Crippen molar-refractivity contribution in [1.29, 1.82) is 0 Å².